The zero-order valence-corrected chi connectivity index (χ0v) is 20.5. The molecule has 0 radical (unpaired) electrons. The summed E-state index contributed by atoms with van der Waals surface area (Å²) < 4.78 is 6.98. The molecule has 33 heavy (non-hydrogen) atoms. The van der Waals surface area contributed by atoms with Gasteiger partial charge in [-0.2, -0.15) is 5.10 Å². The van der Waals surface area contributed by atoms with Crippen LogP contribution < -0.4 is 10.2 Å². The molecule has 7 heteroatoms. The van der Waals surface area contributed by atoms with Crippen LogP contribution in [0, 0.1) is 0 Å². The second-order valence-corrected chi connectivity index (χ2v) is 7.49. The van der Waals surface area contributed by atoms with Gasteiger partial charge < -0.3 is 15.3 Å². The van der Waals surface area contributed by atoms with E-state index in [1.54, 1.807) is 0 Å². The molecule has 3 aromatic rings. The van der Waals surface area contributed by atoms with E-state index in [-0.39, 0.29) is 23.2 Å². The third kappa shape index (κ3) is 8.20. The predicted molar refractivity (Wildman–Crippen MR) is 133 cm³/mol. The fourth-order valence-electron chi connectivity index (χ4n) is 2.69. The van der Waals surface area contributed by atoms with Crippen molar-refractivity contribution < 1.29 is 20.1 Å². The van der Waals surface area contributed by atoms with Crippen LogP contribution in [0.1, 0.15) is 70.1 Å². The Kier molecular flexibility index (Phi) is 12.4. The van der Waals surface area contributed by atoms with Gasteiger partial charge in [0.25, 0.3) is 5.43 Å². The zero-order chi connectivity index (χ0) is 24.3. The summed E-state index contributed by atoms with van der Waals surface area (Å²) in [6.45, 7) is 14.5. The quantitative estimate of drug-likeness (QED) is 0.578. The number of benzene rings is 2. The van der Waals surface area contributed by atoms with Gasteiger partial charge in [-0.15, -0.1) is 0 Å². The summed E-state index contributed by atoms with van der Waals surface area (Å²) in [5.41, 5.74) is 1.32. The number of carbonyl (C=O) groups is 1. The summed E-state index contributed by atoms with van der Waals surface area (Å²) in [6, 6.07) is 16.9. The molecule has 0 saturated carbocycles. The Morgan fingerprint density at radius 1 is 0.970 bits per heavy atom. The summed E-state index contributed by atoms with van der Waals surface area (Å²) >= 11 is 0. The highest BCUT2D eigenvalue weighted by atomic mass is 16.5. The summed E-state index contributed by atoms with van der Waals surface area (Å²) in [4.78, 5) is 23.9. The van der Waals surface area contributed by atoms with Gasteiger partial charge in [0, 0.05) is 0 Å². The lowest BCUT2D eigenvalue weighted by Gasteiger charge is -2.19. The second-order valence-electron chi connectivity index (χ2n) is 7.49. The van der Waals surface area contributed by atoms with Crippen LogP contribution >= 0.6 is 0 Å². The first-order valence-corrected chi connectivity index (χ1v) is 10.9. The molecule has 0 bridgehead atoms. The first kappa shape index (κ1) is 29.5. The van der Waals surface area contributed by atoms with Crippen molar-refractivity contribution in [3.8, 4) is 11.4 Å². The second kappa shape index (κ2) is 13.9. The van der Waals surface area contributed by atoms with Gasteiger partial charge in [-0.05, 0) is 28.7 Å². The lowest BCUT2D eigenvalue weighted by Crippen LogP contribution is -2.23. The number of carboxylic acid groups (broad SMARTS) is 1. The maximum absolute atomic E-state index is 12.4. The minimum atomic E-state index is -1.39. The fraction of sp³-hybridized carbons (Fsp3) is 0.346. The number of rotatable bonds is 5. The Morgan fingerprint density at radius 3 is 2.00 bits per heavy atom. The van der Waals surface area contributed by atoms with Crippen molar-refractivity contribution in [3.63, 3.8) is 0 Å². The van der Waals surface area contributed by atoms with E-state index in [0.717, 1.165) is 11.1 Å². The van der Waals surface area contributed by atoms with Crippen molar-refractivity contribution in [1.82, 2.24) is 9.78 Å². The van der Waals surface area contributed by atoms with Crippen LogP contribution in [0.2, 0.25) is 0 Å². The van der Waals surface area contributed by atoms with E-state index >= 15 is 0 Å². The summed E-state index contributed by atoms with van der Waals surface area (Å²) in [7, 11) is 0. The molecule has 0 spiro atoms. The van der Waals surface area contributed by atoms with E-state index < -0.39 is 17.1 Å². The molecule has 0 fully saturated rings. The van der Waals surface area contributed by atoms with E-state index in [4.69, 9.17) is 4.74 Å². The zero-order valence-electron chi connectivity index (χ0n) is 20.5. The average Bonchev–Trinajstić information content (AvgIpc) is 2.81. The number of aromatic nitrogens is 2. The van der Waals surface area contributed by atoms with E-state index in [2.05, 4.69) is 25.9 Å². The SMILES string of the molecule is CC.CC.CC(C)(C)c1ccc(-n2cc(OCc3ccccc3)c(=O)c(C(=O)O)n2)cc1.O. The molecule has 0 aliphatic rings. The molecule has 3 N–H and O–H groups in total. The van der Waals surface area contributed by atoms with E-state index in [1.807, 2.05) is 82.3 Å². The topological polar surface area (TPSA) is 113 Å². The van der Waals surface area contributed by atoms with Crippen molar-refractivity contribution in [3.05, 3.63) is 87.8 Å². The van der Waals surface area contributed by atoms with Gasteiger partial charge in [0.05, 0.1) is 11.9 Å². The molecule has 0 aliphatic heterocycles. The molecule has 2 aromatic carbocycles. The molecule has 0 saturated heterocycles. The highest BCUT2D eigenvalue weighted by Crippen LogP contribution is 2.23. The Labute approximate surface area is 196 Å². The average molecular weight is 457 g/mol. The first-order valence-electron chi connectivity index (χ1n) is 10.9. The summed E-state index contributed by atoms with van der Waals surface area (Å²) in [5, 5.41) is 13.3. The largest absolute Gasteiger partial charge is 0.483 e. The number of hydrogen-bond donors (Lipinski definition) is 1. The standard InChI is InChI=1S/C22H22N2O4.2C2H6.H2O/c1-22(2,3)16-9-11-17(12-10-16)24-13-18(20(25)19(23-24)21(26)27)28-14-15-7-5-4-6-8-15;2*1-2;/h4-13H,14H2,1-3H3,(H,26,27);2*1-2H3;1H2. The van der Waals surface area contributed by atoms with Crippen molar-refractivity contribution >= 4 is 5.97 Å². The minimum Gasteiger partial charge on any atom is -0.483 e. The van der Waals surface area contributed by atoms with Crippen molar-refractivity contribution in [2.24, 2.45) is 0 Å². The molecular formula is C26H36N2O5. The van der Waals surface area contributed by atoms with E-state index in [0.29, 0.717) is 5.69 Å². The van der Waals surface area contributed by atoms with Gasteiger partial charge in [0.2, 0.25) is 5.69 Å². The van der Waals surface area contributed by atoms with Gasteiger partial charge in [-0.3, -0.25) is 4.79 Å². The van der Waals surface area contributed by atoms with Crippen LogP contribution in [0.5, 0.6) is 5.75 Å². The van der Waals surface area contributed by atoms with Gasteiger partial charge >= 0.3 is 5.97 Å². The molecule has 180 valence electrons. The highest BCUT2D eigenvalue weighted by molar-refractivity contribution is 5.85. The van der Waals surface area contributed by atoms with Crippen LogP contribution in [-0.2, 0) is 12.0 Å². The number of nitrogens with zero attached hydrogens (tertiary/aromatic N) is 2. The molecule has 0 unspecified atom stereocenters. The van der Waals surface area contributed by atoms with Gasteiger partial charge in [-0.1, -0.05) is 90.9 Å². The number of carboxylic acids is 1. The van der Waals surface area contributed by atoms with E-state index in [1.165, 1.54) is 10.9 Å². The molecule has 7 nitrogen and oxygen atoms in total. The van der Waals surface area contributed by atoms with Gasteiger partial charge in [0.1, 0.15) is 6.61 Å². The Morgan fingerprint density at radius 2 is 1.52 bits per heavy atom. The fourth-order valence-corrected chi connectivity index (χ4v) is 2.69. The lowest BCUT2D eigenvalue weighted by atomic mass is 9.87. The third-order valence-corrected chi connectivity index (χ3v) is 4.32. The number of hydrogen-bond acceptors (Lipinski definition) is 4. The molecule has 3 rings (SSSR count). The van der Waals surface area contributed by atoms with Gasteiger partial charge in [0.15, 0.2) is 5.75 Å². The van der Waals surface area contributed by atoms with Gasteiger partial charge in [-0.25, -0.2) is 9.48 Å². The van der Waals surface area contributed by atoms with Crippen LogP contribution in [0.25, 0.3) is 5.69 Å². The normalized spacial score (nSPS) is 9.91. The Hall–Kier alpha value is -3.45. The summed E-state index contributed by atoms with van der Waals surface area (Å²) in [6.07, 6.45) is 1.42. The lowest BCUT2D eigenvalue weighted by molar-refractivity contribution is 0.0685. The molecule has 0 amide bonds. The molecule has 1 aromatic heterocycles. The van der Waals surface area contributed by atoms with Crippen molar-refractivity contribution in [1.29, 1.82) is 0 Å². The maximum atomic E-state index is 12.4. The number of ether oxygens (including phenoxy) is 1. The third-order valence-electron chi connectivity index (χ3n) is 4.32. The minimum absolute atomic E-state index is 0. The molecule has 0 aliphatic carbocycles. The van der Waals surface area contributed by atoms with Crippen molar-refractivity contribution in [2.75, 3.05) is 0 Å². The van der Waals surface area contributed by atoms with E-state index in [9.17, 15) is 14.7 Å². The molecule has 1 heterocycles. The first-order chi connectivity index (χ1) is 15.3. The predicted octanol–water partition coefficient (Wildman–Crippen LogP) is 5.03. The van der Waals surface area contributed by atoms with Crippen LogP contribution in [0.3, 0.4) is 0 Å². The molecular weight excluding hydrogens is 420 g/mol. The molecule has 0 atom stereocenters. The number of aromatic carboxylic acids is 1. The maximum Gasteiger partial charge on any atom is 0.360 e. The van der Waals surface area contributed by atoms with Crippen LogP contribution in [0.15, 0.2) is 65.6 Å². The smallest absolute Gasteiger partial charge is 0.360 e. The van der Waals surface area contributed by atoms with Crippen LogP contribution in [0.4, 0.5) is 0 Å². The summed E-state index contributed by atoms with van der Waals surface area (Å²) in [5.74, 6) is -1.45. The highest BCUT2D eigenvalue weighted by Gasteiger charge is 2.18. The Balaban J connectivity index is 0.00000194. The Bertz CT molecular complexity index is 1040. The van der Waals surface area contributed by atoms with Crippen LogP contribution in [-0.4, -0.2) is 26.3 Å². The monoisotopic (exact) mass is 456 g/mol. The van der Waals surface area contributed by atoms with Crippen molar-refractivity contribution in [2.45, 2.75) is 60.5 Å².